The fourth-order valence-electron chi connectivity index (χ4n) is 1.11. The van der Waals surface area contributed by atoms with E-state index in [0.717, 1.165) is 16.1 Å². The van der Waals surface area contributed by atoms with E-state index in [-0.39, 0.29) is 0 Å². The quantitative estimate of drug-likeness (QED) is 0.795. The molecule has 0 spiro atoms. The third-order valence-electron chi connectivity index (χ3n) is 1.76. The zero-order valence-corrected chi connectivity index (χ0v) is 10.4. The Morgan fingerprint density at radius 3 is 2.79 bits per heavy atom. The van der Waals surface area contributed by atoms with Crippen molar-refractivity contribution in [1.82, 2.24) is 9.36 Å². The lowest BCUT2D eigenvalue weighted by Crippen LogP contribution is -1.79. The molecule has 0 atom stereocenters. The molecule has 14 heavy (non-hydrogen) atoms. The van der Waals surface area contributed by atoms with Gasteiger partial charge in [0.15, 0.2) is 0 Å². The first-order valence-electron chi connectivity index (χ1n) is 3.92. The van der Waals surface area contributed by atoms with Gasteiger partial charge in [-0.15, -0.1) is 0 Å². The molecule has 0 unspecified atom stereocenters. The van der Waals surface area contributed by atoms with Crippen LogP contribution in [0.25, 0.3) is 10.6 Å². The third kappa shape index (κ3) is 1.97. The number of hydrogen-bond acceptors (Lipinski definition) is 3. The number of rotatable bonds is 1. The van der Waals surface area contributed by atoms with E-state index in [1.165, 1.54) is 11.5 Å². The molecule has 1 heterocycles. The lowest BCUT2D eigenvalue weighted by atomic mass is 10.1. The molecule has 0 aliphatic carbocycles. The van der Waals surface area contributed by atoms with E-state index < -0.39 is 0 Å². The van der Waals surface area contributed by atoms with Crippen LogP contribution in [-0.2, 0) is 0 Å². The first-order valence-corrected chi connectivity index (χ1v) is 5.87. The van der Waals surface area contributed by atoms with Crippen molar-refractivity contribution >= 4 is 39.1 Å². The molecule has 0 aliphatic heterocycles. The summed E-state index contributed by atoms with van der Waals surface area (Å²) in [5.41, 5.74) is 2.07. The minimum absolute atomic E-state index is 0.606. The standard InChI is InChI=1S/C9H6BrClN2S/c1-5-2-3-6(7(11)4-5)8-12-9(10)13-14-8/h2-4H,1H3. The van der Waals surface area contributed by atoms with Gasteiger partial charge in [-0.05, 0) is 46.0 Å². The second-order valence-corrected chi connectivity index (χ2v) is 4.72. The molecule has 1 aromatic carbocycles. The van der Waals surface area contributed by atoms with Gasteiger partial charge in [-0.1, -0.05) is 23.7 Å². The van der Waals surface area contributed by atoms with Crippen molar-refractivity contribution in [3.05, 3.63) is 33.5 Å². The minimum atomic E-state index is 0.606. The smallest absolute Gasteiger partial charge is 0.209 e. The summed E-state index contributed by atoms with van der Waals surface area (Å²) in [6, 6.07) is 5.90. The summed E-state index contributed by atoms with van der Waals surface area (Å²) in [5, 5.41) is 1.55. The fraction of sp³-hybridized carbons (Fsp3) is 0.111. The van der Waals surface area contributed by atoms with Crippen molar-refractivity contribution in [2.75, 3.05) is 0 Å². The van der Waals surface area contributed by atoms with E-state index in [4.69, 9.17) is 11.6 Å². The summed E-state index contributed by atoms with van der Waals surface area (Å²) >= 11 is 10.6. The van der Waals surface area contributed by atoms with Gasteiger partial charge in [-0.25, -0.2) is 4.98 Å². The van der Waals surface area contributed by atoms with Crippen molar-refractivity contribution < 1.29 is 0 Å². The Labute approximate surface area is 99.2 Å². The summed E-state index contributed by atoms with van der Waals surface area (Å²) in [7, 11) is 0. The second kappa shape index (κ2) is 3.96. The maximum Gasteiger partial charge on any atom is 0.209 e. The zero-order chi connectivity index (χ0) is 10.1. The molecule has 0 saturated carbocycles. The van der Waals surface area contributed by atoms with Crippen LogP contribution in [0.3, 0.4) is 0 Å². The minimum Gasteiger partial charge on any atom is -0.209 e. The zero-order valence-electron chi connectivity index (χ0n) is 7.29. The normalized spacial score (nSPS) is 10.5. The third-order valence-corrected chi connectivity index (χ3v) is 3.41. The van der Waals surface area contributed by atoms with Gasteiger partial charge in [-0.3, -0.25) is 0 Å². The van der Waals surface area contributed by atoms with E-state index in [0.29, 0.717) is 9.76 Å². The Bertz CT molecular complexity index is 470. The van der Waals surface area contributed by atoms with Crippen molar-refractivity contribution in [3.63, 3.8) is 0 Å². The SMILES string of the molecule is Cc1ccc(-c2nc(Br)ns2)c(Cl)c1. The molecule has 0 N–H and O–H groups in total. The number of hydrogen-bond donors (Lipinski definition) is 0. The molecule has 0 amide bonds. The summed E-state index contributed by atoms with van der Waals surface area (Å²) < 4.78 is 4.65. The molecular formula is C9H6BrClN2S. The van der Waals surface area contributed by atoms with E-state index in [1.54, 1.807) is 0 Å². The molecule has 0 radical (unpaired) electrons. The van der Waals surface area contributed by atoms with Crippen molar-refractivity contribution in [2.24, 2.45) is 0 Å². The molecule has 5 heteroatoms. The molecule has 0 aliphatic rings. The lowest BCUT2D eigenvalue weighted by molar-refractivity contribution is 1.26. The van der Waals surface area contributed by atoms with Crippen molar-refractivity contribution in [3.8, 4) is 10.6 Å². The Balaban J connectivity index is 2.52. The Morgan fingerprint density at radius 2 is 2.21 bits per heavy atom. The van der Waals surface area contributed by atoms with Gasteiger partial charge in [0.1, 0.15) is 5.01 Å². The molecule has 0 bridgehead atoms. The highest BCUT2D eigenvalue weighted by atomic mass is 79.9. The van der Waals surface area contributed by atoms with E-state index in [1.807, 2.05) is 25.1 Å². The number of nitrogens with zero attached hydrogens (tertiary/aromatic N) is 2. The average molecular weight is 290 g/mol. The monoisotopic (exact) mass is 288 g/mol. The van der Waals surface area contributed by atoms with Crippen LogP contribution in [0.1, 0.15) is 5.56 Å². The lowest BCUT2D eigenvalue weighted by Gasteiger charge is -2.00. The van der Waals surface area contributed by atoms with Crippen LogP contribution >= 0.6 is 39.1 Å². The highest BCUT2D eigenvalue weighted by Crippen LogP contribution is 2.30. The van der Waals surface area contributed by atoms with Gasteiger partial charge in [0.05, 0.1) is 5.02 Å². The van der Waals surface area contributed by atoms with E-state index in [9.17, 15) is 0 Å². The molecule has 0 saturated heterocycles. The topological polar surface area (TPSA) is 25.8 Å². The van der Waals surface area contributed by atoms with Crippen molar-refractivity contribution in [1.29, 1.82) is 0 Å². The number of aryl methyl sites for hydroxylation is 1. The van der Waals surface area contributed by atoms with Gasteiger partial charge in [0.2, 0.25) is 4.73 Å². The number of aromatic nitrogens is 2. The van der Waals surface area contributed by atoms with Crippen LogP contribution in [0.2, 0.25) is 5.02 Å². The molecular weight excluding hydrogens is 284 g/mol. The van der Waals surface area contributed by atoms with Crippen LogP contribution in [0.15, 0.2) is 22.9 Å². The largest absolute Gasteiger partial charge is 0.209 e. The van der Waals surface area contributed by atoms with Crippen LogP contribution in [-0.4, -0.2) is 9.36 Å². The number of halogens is 2. The molecule has 72 valence electrons. The van der Waals surface area contributed by atoms with E-state index >= 15 is 0 Å². The maximum absolute atomic E-state index is 6.10. The summed E-state index contributed by atoms with van der Waals surface area (Å²) in [4.78, 5) is 4.21. The first kappa shape index (κ1) is 10.1. The Kier molecular flexibility index (Phi) is 2.85. The van der Waals surface area contributed by atoms with Crippen LogP contribution in [0, 0.1) is 6.92 Å². The highest BCUT2D eigenvalue weighted by molar-refractivity contribution is 9.10. The second-order valence-electron chi connectivity index (χ2n) is 2.85. The predicted molar refractivity (Wildman–Crippen MR) is 62.8 cm³/mol. The van der Waals surface area contributed by atoms with Gasteiger partial charge >= 0.3 is 0 Å². The van der Waals surface area contributed by atoms with Gasteiger partial charge in [-0.2, -0.15) is 4.37 Å². The van der Waals surface area contributed by atoms with Crippen LogP contribution < -0.4 is 0 Å². The van der Waals surface area contributed by atoms with Gasteiger partial charge in [0, 0.05) is 5.56 Å². The van der Waals surface area contributed by atoms with E-state index in [2.05, 4.69) is 25.3 Å². The van der Waals surface area contributed by atoms with Crippen LogP contribution in [0.5, 0.6) is 0 Å². The summed E-state index contributed by atoms with van der Waals surface area (Å²) in [5.74, 6) is 0. The summed E-state index contributed by atoms with van der Waals surface area (Å²) in [6.07, 6.45) is 0. The summed E-state index contributed by atoms with van der Waals surface area (Å²) in [6.45, 7) is 2.01. The molecule has 0 fully saturated rings. The molecule has 2 aromatic rings. The van der Waals surface area contributed by atoms with Crippen LogP contribution in [0.4, 0.5) is 0 Å². The van der Waals surface area contributed by atoms with Gasteiger partial charge in [0.25, 0.3) is 0 Å². The Hall–Kier alpha value is -0.450. The highest BCUT2D eigenvalue weighted by Gasteiger charge is 2.08. The number of benzene rings is 1. The predicted octanol–water partition coefficient (Wildman–Crippen LogP) is 3.93. The van der Waals surface area contributed by atoms with Crippen molar-refractivity contribution in [2.45, 2.75) is 6.92 Å². The maximum atomic E-state index is 6.10. The Morgan fingerprint density at radius 1 is 1.43 bits per heavy atom. The molecule has 1 aromatic heterocycles. The molecule has 2 nitrogen and oxygen atoms in total. The first-order chi connectivity index (χ1) is 6.66. The molecule has 2 rings (SSSR count). The fourth-order valence-corrected chi connectivity index (χ4v) is 2.61. The average Bonchev–Trinajstić information content (AvgIpc) is 2.51. The van der Waals surface area contributed by atoms with Gasteiger partial charge < -0.3 is 0 Å².